The molecule has 1 heterocycles. The molecule has 0 saturated carbocycles. The molecule has 0 saturated heterocycles. The maximum absolute atomic E-state index is 13.9. The van der Waals surface area contributed by atoms with Crippen LogP contribution >= 0.6 is 21.6 Å². The van der Waals surface area contributed by atoms with Crippen LogP contribution in [0.2, 0.25) is 0 Å². The van der Waals surface area contributed by atoms with Gasteiger partial charge < -0.3 is 45.4 Å². The molecule has 4 atom stereocenters. The van der Waals surface area contributed by atoms with Crippen LogP contribution in [0.3, 0.4) is 0 Å². The molecule has 298 valence electrons. The van der Waals surface area contributed by atoms with Gasteiger partial charge in [-0.15, -0.1) is 0 Å². The van der Waals surface area contributed by atoms with E-state index in [-0.39, 0.29) is 43.3 Å². The monoisotopic (exact) mass is 794 g/mol. The van der Waals surface area contributed by atoms with Gasteiger partial charge in [-0.05, 0) is 109 Å². The lowest BCUT2D eigenvalue weighted by Crippen LogP contribution is -2.31. The van der Waals surface area contributed by atoms with Crippen molar-refractivity contribution in [2.75, 3.05) is 37.9 Å². The second-order valence-corrected chi connectivity index (χ2v) is 16.5. The second kappa shape index (κ2) is 21.1. The molecule has 1 aliphatic rings. The number of hydrogen-bond acceptors (Lipinski definition) is 13. The molecular weight excluding hydrogens is 741 g/mol. The summed E-state index contributed by atoms with van der Waals surface area (Å²) in [5.41, 5.74) is 5.40. The Hall–Kier alpha value is -3.53. The molecule has 0 bridgehead atoms. The number of fused-ring (bicyclic) bond motifs is 5. The SMILES string of the molecule is COc1c(O)ccc2c1-c1ccc3ccc(O)cc3c1CSSCC(O)CCC(OC(NCCCCO)c1ccc(NCC(C)O)c(CO)c1)CC(=O)CC2. The standard InChI is InChI=1S/C42H54N2O9S2/c1-26(47)22-44-38-15-8-29(19-30(38)23-46)42(43-17-3-4-18-45)53-34-13-12-33(50)24-54-55-25-37-35(14-7-27-5-10-32(49)21-36(27)37)40-28(6-11-31(48)20-34)9-16-39(51)41(40)52-2/h5,7-10,14-16,19,21,26,33-34,42-47,49-51H,3-4,6,11-13,17-18,20,22-25H2,1-2H3. The molecule has 0 aromatic heterocycles. The van der Waals surface area contributed by atoms with Gasteiger partial charge in [0.1, 0.15) is 17.8 Å². The number of aliphatic hydroxyl groups is 4. The van der Waals surface area contributed by atoms with Gasteiger partial charge in [0, 0.05) is 54.3 Å². The highest BCUT2D eigenvalue weighted by atomic mass is 33.1. The molecule has 0 spiro atoms. The van der Waals surface area contributed by atoms with Crippen LogP contribution in [0.1, 0.15) is 73.9 Å². The zero-order valence-electron chi connectivity index (χ0n) is 31.5. The van der Waals surface area contributed by atoms with E-state index in [9.17, 15) is 35.4 Å². The van der Waals surface area contributed by atoms with Crippen molar-refractivity contribution in [3.63, 3.8) is 0 Å². The maximum Gasteiger partial charge on any atom is 0.168 e. The smallest absolute Gasteiger partial charge is 0.168 e. The first-order valence-electron chi connectivity index (χ1n) is 18.8. The van der Waals surface area contributed by atoms with E-state index in [4.69, 9.17) is 9.47 Å². The van der Waals surface area contributed by atoms with Crippen LogP contribution in [0.25, 0.3) is 21.9 Å². The van der Waals surface area contributed by atoms with Crippen molar-refractivity contribution in [1.82, 2.24) is 5.32 Å². The zero-order chi connectivity index (χ0) is 39.3. The maximum atomic E-state index is 13.9. The number of ketones is 1. The van der Waals surface area contributed by atoms with E-state index in [1.165, 1.54) is 7.11 Å². The molecule has 55 heavy (non-hydrogen) atoms. The van der Waals surface area contributed by atoms with Crippen molar-refractivity contribution >= 4 is 43.8 Å². The Morgan fingerprint density at radius 2 is 1.78 bits per heavy atom. The van der Waals surface area contributed by atoms with E-state index in [2.05, 4.69) is 10.6 Å². The van der Waals surface area contributed by atoms with Gasteiger partial charge in [-0.3, -0.25) is 10.1 Å². The molecule has 0 radical (unpaired) electrons. The van der Waals surface area contributed by atoms with Gasteiger partial charge in [0.05, 0.1) is 32.0 Å². The van der Waals surface area contributed by atoms with Crippen LogP contribution in [0.5, 0.6) is 17.2 Å². The van der Waals surface area contributed by atoms with E-state index in [1.807, 2.05) is 42.5 Å². The van der Waals surface area contributed by atoms with Gasteiger partial charge in [-0.1, -0.05) is 51.9 Å². The van der Waals surface area contributed by atoms with E-state index in [1.54, 1.807) is 46.7 Å². The minimum absolute atomic E-state index is 0.0174. The van der Waals surface area contributed by atoms with Gasteiger partial charge in [-0.25, -0.2) is 0 Å². The van der Waals surface area contributed by atoms with Crippen molar-refractivity contribution in [2.45, 2.75) is 88.8 Å². The number of Topliss-reactive ketones (excluding diaryl/α,β-unsaturated/α-hetero) is 1. The highest BCUT2D eigenvalue weighted by Crippen LogP contribution is 2.45. The Balaban J connectivity index is 1.46. The number of unbranched alkanes of at least 4 members (excludes halogenated alkanes) is 1. The number of aryl methyl sites for hydroxylation is 1. The van der Waals surface area contributed by atoms with Gasteiger partial charge >= 0.3 is 0 Å². The molecule has 1 aliphatic heterocycles. The van der Waals surface area contributed by atoms with Gasteiger partial charge in [0.2, 0.25) is 0 Å². The third kappa shape index (κ3) is 11.7. The molecule has 0 aliphatic carbocycles. The first-order chi connectivity index (χ1) is 26.6. The molecular formula is C42H54N2O9S2. The molecule has 4 unspecified atom stereocenters. The summed E-state index contributed by atoms with van der Waals surface area (Å²) in [5, 5.41) is 70.3. The minimum atomic E-state index is -0.656. The van der Waals surface area contributed by atoms with Crippen LogP contribution in [0.4, 0.5) is 5.69 Å². The summed E-state index contributed by atoms with van der Waals surface area (Å²) in [5.74, 6) is 1.40. The van der Waals surface area contributed by atoms with Crippen molar-refractivity contribution in [1.29, 1.82) is 0 Å². The van der Waals surface area contributed by atoms with Crippen molar-refractivity contribution in [3.8, 4) is 28.4 Å². The third-order valence-corrected chi connectivity index (χ3v) is 12.1. The average Bonchev–Trinajstić information content (AvgIpc) is 3.17. The van der Waals surface area contributed by atoms with Crippen LogP contribution in [0.15, 0.2) is 60.7 Å². The van der Waals surface area contributed by atoms with Crippen molar-refractivity contribution in [2.24, 2.45) is 0 Å². The summed E-state index contributed by atoms with van der Waals surface area (Å²) in [6, 6.07) is 18.2. The summed E-state index contributed by atoms with van der Waals surface area (Å²) in [6.07, 6.45) is 0.436. The molecule has 0 amide bonds. The number of nitrogens with one attached hydrogen (secondary N) is 2. The summed E-state index contributed by atoms with van der Waals surface area (Å²) >= 11 is 0. The van der Waals surface area contributed by atoms with Crippen molar-refractivity contribution < 1.29 is 44.9 Å². The largest absolute Gasteiger partial charge is 0.508 e. The second-order valence-electron chi connectivity index (χ2n) is 14.0. The number of rotatable bonds is 13. The van der Waals surface area contributed by atoms with Gasteiger partial charge in [0.25, 0.3) is 0 Å². The summed E-state index contributed by atoms with van der Waals surface area (Å²) in [6.45, 7) is 2.38. The highest BCUT2D eigenvalue weighted by Gasteiger charge is 2.25. The number of carbonyl (C=O) groups is 1. The topological polar surface area (TPSA) is 181 Å². The molecule has 4 aromatic carbocycles. The average molecular weight is 795 g/mol. The summed E-state index contributed by atoms with van der Waals surface area (Å²) in [4.78, 5) is 13.9. The van der Waals surface area contributed by atoms with Crippen LogP contribution in [-0.2, 0) is 28.3 Å². The lowest BCUT2D eigenvalue weighted by atomic mass is 9.89. The molecule has 5 rings (SSSR count). The fourth-order valence-corrected chi connectivity index (χ4v) is 9.16. The van der Waals surface area contributed by atoms with Gasteiger partial charge in [0.15, 0.2) is 11.5 Å². The molecule has 11 nitrogen and oxygen atoms in total. The number of benzene rings is 4. The summed E-state index contributed by atoms with van der Waals surface area (Å²) < 4.78 is 12.5. The molecule has 8 N–H and O–H groups in total. The Labute approximate surface area is 330 Å². The zero-order valence-corrected chi connectivity index (χ0v) is 33.1. The quantitative estimate of drug-likeness (QED) is 0.0413. The Morgan fingerprint density at radius 1 is 0.964 bits per heavy atom. The predicted molar refractivity (Wildman–Crippen MR) is 221 cm³/mol. The van der Waals surface area contributed by atoms with Crippen molar-refractivity contribution in [3.05, 3.63) is 82.9 Å². The van der Waals surface area contributed by atoms with E-state index in [0.717, 1.165) is 33.0 Å². The van der Waals surface area contributed by atoms with E-state index < -0.39 is 24.5 Å². The number of aromatic hydroxyl groups is 2. The first kappa shape index (κ1) is 42.6. The predicted octanol–water partition coefficient (Wildman–Crippen LogP) is 6.59. The number of anilines is 1. The third-order valence-electron chi connectivity index (χ3n) is 9.74. The van der Waals surface area contributed by atoms with Crippen LogP contribution in [0, 0.1) is 0 Å². The number of phenolic OH excluding ortho intramolecular Hbond substituents is 2. The van der Waals surface area contributed by atoms with Crippen LogP contribution in [-0.4, -0.2) is 87.3 Å². The van der Waals surface area contributed by atoms with E-state index >= 15 is 0 Å². The molecule has 4 aromatic rings. The highest BCUT2D eigenvalue weighted by molar-refractivity contribution is 8.76. The molecule has 0 fully saturated rings. The Morgan fingerprint density at radius 3 is 2.55 bits per heavy atom. The van der Waals surface area contributed by atoms with Crippen LogP contribution < -0.4 is 15.4 Å². The Kier molecular flexibility index (Phi) is 16.4. The van der Waals surface area contributed by atoms with Gasteiger partial charge in [-0.2, -0.15) is 0 Å². The minimum Gasteiger partial charge on any atom is -0.508 e. The van der Waals surface area contributed by atoms with E-state index in [0.29, 0.717) is 79.3 Å². The summed E-state index contributed by atoms with van der Waals surface area (Å²) in [7, 11) is 4.66. The molecule has 13 heteroatoms. The Bertz CT molecular complexity index is 1880. The fraction of sp³-hybridized carbons (Fsp3) is 0.452. The number of hydrogen-bond donors (Lipinski definition) is 8. The fourth-order valence-electron chi connectivity index (χ4n) is 6.86. The first-order valence-corrected chi connectivity index (χ1v) is 21.3. The lowest BCUT2D eigenvalue weighted by Gasteiger charge is -2.28. The lowest BCUT2D eigenvalue weighted by molar-refractivity contribution is -0.124. The number of methoxy groups -OCH3 is 1. The number of ether oxygens (including phenoxy) is 2. The number of aliphatic hydroxyl groups excluding tert-OH is 4. The number of carbonyl (C=O) groups excluding carboxylic acids is 1. The normalized spacial score (nSPS) is 18.3. The number of phenols is 2.